The second-order valence-corrected chi connectivity index (χ2v) is 5.03. The van der Waals surface area contributed by atoms with Gasteiger partial charge in [-0.1, -0.05) is 0 Å². The molecule has 104 valence electrons. The van der Waals surface area contributed by atoms with Crippen molar-refractivity contribution in [1.29, 1.82) is 0 Å². The summed E-state index contributed by atoms with van der Waals surface area (Å²) in [6.07, 6.45) is 3.72. The first-order valence-electron chi connectivity index (χ1n) is 6.80. The molecule has 1 amide bonds. The number of nitrogens with one attached hydrogen (secondary N) is 2. The fourth-order valence-corrected chi connectivity index (χ4v) is 2.14. The van der Waals surface area contributed by atoms with Gasteiger partial charge in [-0.05, 0) is 45.4 Å². The van der Waals surface area contributed by atoms with E-state index in [4.69, 9.17) is 4.74 Å². The number of nitrogens with zero attached hydrogens (tertiary/aromatic N) is 1. The Morgan fingerprint density at radius 2 is 2.42 bits per heavy atom. The molecule has 0 saturated carbocycles. The minimum Gasteiger partial charge on any atom is -0.489 e. The van der Waals surface area contributed by atoms with E-state index >= 15 is 0 Å². The number of carbonyl (C=O) groups excluding carboxylic acids is 1. The van der Waals surface area contributed by atoms with Gasteiger partial charge in [-0.2, -0.15) is 0 Å². The lowest BCUT2D eigenvalue weighted by atomic mass is 10.1. The maximum atomic E-state index is 12.2. The SMILES string of the molecule is CC(C)Oc1cccnc1C(=O)NC1CCCNC1. The van der Waals surface area contributed by atoms with E-state index in [0.29, 0.717) is 11.4 Å². The molecule has 1 atom stereocenters. The average molecular weight is 263 g/mol. The number of ether oxygens (including phenoxy) is 1. The van der Waals surface area contributed by atoms with E-state index in [1.54, 1.807) is 18.3 Å². The van der Waals surface area contributed by atoms with E-state index in [1.807, 2.05) is 13.8 Å². The lowest BCUT2D eigenvalue weighted by Gasteiger charge is -2.24. The summed E-state index contributed by atoms with van der Waals surface area (Å²) < 4.78 is 5.62. The fourth-order valence-electron chi connectivity index (χ4n) is 2.14. The third-order valence-electron chi connectivity index (χ3n) is 2.98. The number of aromatic nitrogens is 1. The second-order valence-electron chi connectivity index (χ2n) is 5.03. The van der Waals surface area contributed by atoms with Gasteiger partial charge in [0, 0.05) is 18.8 Å². The van der Waals surface area contributed by atoms with Gasteiger partial charge in [-0.25, -0.2) is 4.98 Å². The maximum Gasteiger partial charge on any atom is 0.274 e. The van der Waals surface area contributed by atoms with Crippen LogP contribution < -0.4 is 15.4 Å². The van der Waals surface area contributed by atoms with Crippen LogP contribution in [0.2, 0.25) is 0 Å². The molecule has 2 heterocycles. The first-order valence-corrected chi connectivity index (χ1v) is 6.80. The highest BCUT2D eigenvalue weighted by molar-refractivity contribution is 5.95. The Kier molecular flexibility index (Phi) is 4.74. The van der Waals surface area contributed by atoms with Crippen molar-refractivity contribution < 1.29 is 9.53 Å². The van der Waals surface area contributed by atoms with Gasteiger partial charge in [0.2, 0.25) is 0 Å². The highest BCUT2D eigenvalue weighted by Gasteiger charge is 2.20. The van der Waals surface area contributed by atoms with Gasteiger partial charge in [0.05, 0.1) is 6.10 Å². The van der Waals surface area contributed by atoms with Gasteiger partial charge in [0.25, 0.3) is 5.91 Å². The summed E-state index contributed by atoms with van der Waals surface area (Å²) in [6, 6.07) is 3.73. The van der Waals surface area contributed by atoms with E-state index in [9.17, 15) is 4.79 Å². The number of rotatable bonds is 4. The molecule has 0 aromatic carbocycles. The molecular formula is C14H21N3O2. The Bertz CT molecular complexity index is 428. The van der Waals surface area contributed by atoms with Crippen LogP contribution in [0.15, 0.2) is 18.3 Å². The van der Waals surface area contributed by atoms with E-state index in [1.165, 1.54) is 0 Å². The minimum atomic E-state index is -0.162. The first-order chi connectivity index (χ1) is 9.16. The van der Waals surface area contributed by atoms with Gasteiger partial charge in [-0.3, -0.25) is 4.79 Å². The zero-order valence-electron chi connectivity index (χ0n) is 11.5. The molecule has 2 rings (SSSR count). The summed E-state index contributed by atoms with van der Waals surface area (Å²) in [5.41, 5.74) is 0.363. The highest BCUT2D eigenvalue weighted by atomic mass is 16.5. The molecule has 1 saturated heterocycles. The van der Waals surface area contributed by atoms with Crippen LogP contribution in [-0.4, -0.2) is 36.1 Å². The molecule has 0 radical (unpaired) electrons. The fraction of sp³-hybridized carbons (Fsp3) is 0.571. The standard InChI is InChI=1S/C14H21N3O2/c1-10(2)19-12-6-4-8-16-13(12)14(18)17-11-5-3-7-15-9-11/h4,6,8,10-11,15H,3,5,7,9H2,1-2H3,(H,17,18). The van der Waals surface area contributed by atoms with Crippen molar-refractivity contribution in [2.45, 2.75) is 38.8 Å². The third kappa shape index (κ3) is 3.92. The molecule has 1 unspecified atom stereocenters. The molecule has 2 N–H and O–H groups in total. The number of pyridine rings is 1. The highest BCUT2D eigenvalue weighted by Crippen LogP contribution is 2.17. The molecule has 19 heavy (non-hydrogen) atoms. The third-order valence-corrected chi connectivity index (χ3v) is 2.98. The van der Waals surface area contributed by atoms with Crippen molar-refractivity contribution in [1.82, 2.24) is 15.6 Å². The quantitative estimate of drug-likeness (QED) is 0.860. The largest absolute Gasteiger partial charge is 0.489 e. The molecule has 0 bridgehead atoms. The zero-order valence-corrected chi connectivity index (χ0v) is 11.5. The molecule has 0 aliphatic carbocycles. The predicted molar refractivity (Wildman–Crippen MR) is 73.4 cm³/mol. The normalized spacial score (nSPS) is 19.2. The van der Waals surface area contributed by atoms with Gasteiger partial charge < -0.3 is 15.4 Å². The Hall–Kier alpha value is -1.62. The van der Waals surface area contributed by atoms with Gasteiger partial charge in [0.15, 0.2) is 11.4 Å². The Labute approximate surface area is 113 Å². The maximum absolute atomic E-state index is 12.2. The number of hydrogen-bond donors (Lipinski definition) is 2. The van der Waals surface area contributed by atoms with E-state index in [0.717, 1.165) is 25.9 Å². The molecule has 1 aliphatic heterocycles. The van der Waals surface area contributed by atoms with Crippen LogP contribution in [0.1, 0.15) is 37.2 Å². The Balaban J connectivity index is 2.05. The van der Waals surface area contributed by atoms with Crippen LogP contribution in [0.3, 0.4) is 0 Å². The molecule has 1 fully saturated rings. The summed E-state index contributed by atoms with van der Waals surface area (Å²) in [6.45, 7) is 5.70. The lowest BCUT2D eigenvalue weighted by molar-refractivity contribution is 0.0919. The smallest absolute Gasteiger partial charge is 0.274 e. The molecule has 1 aromatic heterocycles. The van der Waals surface area contributed by atoms with Crippen LogP contribution in [0.25, 0.3) is 0 Å². The monoisotopic (exact) mass is 263 g/mol. The topological polar surface area (TPSA) is 63.2 Å². The minimum absolute atomic E-state index is 0.0205. The van der Waals surface area contributed by atoms with Crippen molar-refractivity contribution in [2.75, 3.05) is 13.1 Å². The van der Waals surface area contributed by atoms with E-state index in [-0.39, 0.29) is 18.1 Å². The molecule has 1 aliphatic rings. The summed E-state index contributed by atoms with van der Waals surface area (Å²) in [4.78, 5) is 16.4. The van der Waals surface area contributed by atoms with Crippen molar-refractivity contribution in [3.8, 4) is 5.75 Å². The van der Waals surface area contributed by atoms with Gasteiger partial charge in [0.1, 0.15) is 0 Å². The number of carbonyl (C=O) groups is 1. The van der Waals surface area contributed by atoms with Crippen molar-refractivity contribution >= 4 is 5.91 Å². The number of amides is 1. The van der Waals surface area contributed by atoms with Crippen LogP contribution in [0.5, 0.6) is 5.75 Å². The molecule has 5 heteroatoms. The Morgan fingerprint density at radius 1 is 1.58 bits per heavy atom. The number of piperidine rings is 1. The van der Waals surface area contributed by atoms with Gasteiger partial charge in [-0.15, -0.1) is 0 Å². The number of hydrogen-bond acceptors (Lipinski definition) is 4. The lowest BCUT2D eigenvalue weighted by Crippen LogP contribution is -2.45. The second kappa shape index (κ2) is 6.52. The van der Waals surface area contributed by atoms with Crippen molar-refractivity contribution in [3.63, 3.8) is 0 Å². The summed E-state index contributed by atoms with van der Waals surface area (Å²) >= 11 is 0. The molecular weight excluding hydrogens is 242 g/mol. The summed E-state index contributed by atoms with van der Waals surface area (Å²) in [5.74, 6) is 0.378. The Morgan fingerprint density at radius 3 is 3.11 bits per heavy atom. The average Bonchev–Trinajstić information content (AvgIpc) is 2.39. The van der Waals surface area contributed by atoms with Crippen LogP contribution in [0.4, 0.5) is 0 Å². The summed E-state index contributed by atoms with van der Waals surface area (Å²) in [5, 5.41) is 6.28. The van der Waals surface area contributed by atoms with Crippen LogP contribution in [-0.2, 0) is 0 Å². The van der Waals surface area contributed by atoms with Gasteiger partial charge >= 0.3 is 0 Å². The molecule has 1 aromatic rings. The first kappa shape index (κ1) is 13.8. The predicted octanol–water partition coefficient (Wildman–Crippen LogP) is 1.35. The van der Waals surface area contributed by atoms with E-state index < -0.39 is 0 Å². The summed E-state index contributed by atoms with van der Waals surface area (Å²) in [7, 11) is 0. The van der Waals surface area contributed by atoms with Crippen molar-refractivity contribution in [3.05, 3.63) is 24.0 Å². The zero-order chi connectivity index (χ0) is 13.7. The molecule has 5 nitrogen and oxygen atoms in total. The van der Waals surface area contributed by atoms with E-state index in [2.05, 4.69) is 15.6 Å². The van der Waals surface area contributed by atoms with Crippen molar-refractivity contribution in [2.24, 2.45) is 0 Å². The van der Waals surface area contributed by atoms with Crippen LogP contribution >= 0.6 is 0 Å². The van der Waals surface area contributed by atoms with Crippen LogP contribution in [0, 0.1) is 0 Å². The molecule has 0 spiro atoms.